The number of hydrogen-bond donors (Lipinski definition) is 2. The summed E-state index contributed by atoms with van der Waals surface area (Å²) >= 11 is 0. The lowest BCUT2D eigenvalue weighted by molar-refractivity contribution is 0.00578. The third kappa shape index (κ3) is 4.31. The van der Waals surface area contributed by atoms with E-state index in [2.05, 4.69) is 10.3 Å². The standard InChI is InChI=1S/C21H24BN3O5/c1-20(2)21(3,4)30-22(29-20)17-7-6-16(11-15(17)13-27)28-19-14(12-23)5-8-18(25-19)24-9-10-26/h5-8,11,13,26H,9-10H2,1-4H3,(H,24,25). The van der Waals surface area contributed by atoms with Crippen LogP contribution in [-0.4, -0.2) is 47.8 Å². The molecule has 2 N–H and O–H groups in total. The van der Waals surface area contributed by atoms with Gasteiger partial charge in [-0.3, -0.25) is 4.79 Å². The predicted molar refractivity (Wildman–Crippen MR) is 112 cm³/mol. The van der Waals surface area contributed by atoms with Crippen molar-refractivity contribution in [1.82, 2.24) is 4.98 Å². The summed E-state index contributed by atoms with van der Waals surface area (Å²) in [4.78, 5) is 16.0. The molecule has 1 fully saturated rings. The van der Waals surface area contributed by atoms with Crippen LogP contribution in [0.5, 0.6) is 11.6 Å². The van der Waals surface area contributed by atoms with Gasteiger partial charge in [0.1, 0.15) is 29.5 Å². The van der Waals surface area contributed by atoms with Crippen LogP contribution in [0, 0.1) is 11.3 Å². The van der Waals surface area contributed by atoms with Gasteiger partial charge < -0.3 is 24.5 Å². The molecule has 8 nitrogen and oxygen atoms in total. The van der Waals surface area contributed by atoms with E-state index >= 15 is 0 Å². The number of aromatic nitrogens is 1. The lowest BCUT2D eigenvalue weighted by atomic mass is 9.76. The van der Waals surface area contributed by atoms with E-state index in [4.69, 9.17) is 19.2 Å². The maximum Gasteiger partial charge on any atom is 0.495 e. The average molecular weight is 409 g/mol. The molecule has 30 heavy (non-hydrogen) atoms. The lowest BCUT2D eigenvalue weighted by Gasteiger charge is -2.32. The van der Waals surface area contributed by atoms with Crippen LogP contribution in [0.1, 0.15) is 43.6 Å². The number of nitrogens with one attached hydrogen (secondary N) is 1. The number of aldehydes is 1. The lowest BCUT2D eigenvalue weighted by Crippen LogP contribution is -2.41. The highest BCUT2D eigenvalue weighted by atomic mass is 16.7. The fourth-order valence-electron chi connectivity index (χ4n) is 2.90. The molecule has 0 unspecified atom stereocenters. The number of ether oxygens (including phenoxy) is 1. The van der Waals surface area contributed by atoms with Crippen molar-refractivity contribution in [3.63, 3.8) is 0 Å². The molecule has 3 rings (SSSR count). The van der Waals surface area contributed by atoms with Crippen molar-refractivity contribution in [2.45, 2.75) is 38.9 Å². The Hall–Kier alpha value is -2.93. The van der Waals surface area contributed by atoms with Gasteiger partial charge in [-0.1, -0.05) is 6.07 Å². The summed E-state index contributed by atoms with van der Waals surface area (Å²) in [6, 6.07) is 10.2. The van der Waals surface area contributed by atoms with Crippen molar-refractivity contribution < 1.29 is 23.9 Å². The van der Waals surface area contributed by atoms with Gasteiger partial charge >= 0.3 is 7.12 Å². The minimum atomic E-state index is -0.678. The predicted octanol–water partition coefficient (Wildman–Crippen LogP) is 2.26. The third-order valence-corrected chi connectivity index (χ3v) is 5.31. The molecule has 0 aliphatic carbocycles. The Morgan fingerprint density at radius 3 is 2.53 bits per heavy atom. The van der Waals surface area contributed by atoms with Crippen LogP contribution in [0.25, 0.3) is 0 Å². The highest BCUT2D eigenvalue weighted by Crippen LogP contribution is 2.37. The number of rotatable bonds is 7. The zero-order valence-corrected chi connectivity index (χ0v) is 17.4. The van der Waals surface area contributed by atoms with Gasteiger partial charge in [0.15, 0.2) is 0 Å². The number of carbonyl (C=O) groups is 1. The molecular formula is C21H24BN3O5. The average Bonchev–Trinajstić information content (AvgIpc) is 2.93. The second kappa shape index (κ2) is 8.44. The number of aliphatic hydroxyl groups is 1. The van der Waals surface area contributed by atoms with Crippen LogP contribution in [-0.2, 0) is 9.31 Å². The van der Waals surface area contributed by atoms with Crippen molar-refractivity contribution in [2.24, 2.45) is 0 Å². The van der Waals surface area contributed by atoms with Gasteiger partial charge in [0.05, 0.1) is 17.8 Å². The van der Waals surface area contributed by atoms with Crippen LogP contribution >= 0.6 is 0 Å². The highest BCUT2D eigenvalue weighted by molar-refractivity contribution is 6.63. The van der Waals surface area contributed by atoms with Crippen molar-refractivity contribution in [1.29, 1.82) is 5.26 Å². The number of hydrogen-bond acceptors (Lipinski definition) is 8. The van der Waals surface area contributed by atoms with E-state index in [1.54, 1.807) is 30.3 Å². The summed E-state index contributed by atoms with van der Waals surface area (Å²) in [5.74, 6) is 0.906. The summed E-state index contributed by atoms with van der Waals surface area (Å²) in [5, 5.41) is 21.2. The Labute approximate surface area is 175 Å². The first-order chi connectivity index (χ1) is 14.2. The van der Waals surface area contributed by atoms with E-state index in [1.165, 1.54) is 0 Å². The molecule has 0 bridgehead atoms. The van der Waals surface area contributed by atoms with E-state index in [1.807, 2.05) is 33.8 Å². The number of anilines is 1. The van der Waals surface area contributed by atoms with Gasteiger partial charge in [-0.2, -0.15) is 10.2 Å². The number of pyridine rings is 1. The monoisotopic (exact) mass is 409 g/mol. The Kier molecular flexibility index (Phi) is 6.13. The quantitative estimate of drug-likeness (QED) is 0.529. The molecule has 0 amide bonds. The second-order valence-corrected chi connectivity index (χ2v) is 7.91. The zero-order valence-electron chi connectivity index (χ0n) is 17.4. The van der Waals surface area contributed by atoms with Crippen LogP contribution in [0.4, 0.5) is 5.82 Å². The molecule has 9 heteroatoms. The van der Waals surface area contributed by atoms with E-state index in [-0.39, 0.29) is 18.1 Å². The highest BCUT2D eigenvalue weighted by Gasteiger charge is 2.52. The summed E-state index contributed by atoms with van der Waals surface area (Å²) in [7, 11) is -0.678. The molecule has 0 atom stereocenters. The topological polar surface area (TPSA) is 114 Å². The van der Waals surface area contributed by atoms with E-state index in [9.17, 15) is 10.1 Å². The van der Waals surface area contributed by atoms with Crippen molar-refractivity contribution >= 4 is 24.7 Å². The van der Waals surface area contributed by atoms with Gasteiger partial charge in [-0.15, -0.1) is 0 Å². The molecule has 0 radical (unpaired) electrons. The first-order valence-electron chi connectivity index (χ1n) is 9.59. The molecule has 2 aromatic rings. The minimum Gasteiger partial charge on any atom is -0.438 e. The Bertz CT molecular complexity index is 971. The van der Waals surface area contributed by atoms with Crippen molar-refractivity contribution in [3.8, 4) is 17.7 Å². The van der Waals surface area contributed by atoms with Gasteiger partial charge in [0.25, 0.3) is 0 Å². The molecule has 156 valence electrons. The van der Waals surface area contributed by atoms with E-state index < -0.39 is 18.3 Å². The van der Waals surface area contributed by atoms with Gasteiger partial charge in [-0.05, 0) is 57.4 Å². The Balaban J connectivity index is 1.88. The number of nitrogens with zero attached hydrogens (tertiary/aromatic N) is 2. The fraction of sp³-hybridized carbons (Fsp3) is 0.381. The Morgan fingerprint density at radius 2 is 1.93 bits per heavy atom. The zero-order chi connectivity index (χ0) is 21.9. The van der Waals surface area contributed by atoms with Crippen LogP contribution in [0.15, 0.2) is 30.3 Å². The van der Waals surface area contributed by atoms with Crippen LogP contribution in [0.2, 0.25) is 0 Å². The van der Waals surface area contributed by atoms with E-state index in [0.29, 0.717) is 35.4 Å². The molecule has 1 aromatic heterocycles. The van der Waals surface area contributed by atoms with Gasteiger partial charge in [0.2, 0.25) is 5.88 Å². The molecule has 2 heterocycles. The van der Waals surface area contributed by atoms with Crippen LogP contribution in [0.3, 0.4) is 0 Å². The molecule has 1 saturated heterocycles. The number of aliphatic hydroxyl groups excluding tert-OH is 1. The fourth-order valence-corrected chi connectivity index (χ4v) is 2.90. The third-order valence-electron chi connectivity index (χ3n) is 5.31. The molecule has 1 aromatic carbocycles. The minimum absolute atomic E-state index is 0.0546. The normalized spacial score (nSPS) is 16.7. The van der Waals surface area contributed by atoms with Gasteiger partial charge in [-0.25, -0.2) is 0 Å². The van der Waals surface area contributed by atoms with Crippen molar-refractivity contribution in [2.75, 3.05) is 18.5 Å². The first kappa shape index (κ1) is 21.8. The summed E-state index contributed by atoms with van der Waals surface area (Å²) < 4.78 is 17.9. The summed E-state index contributed by atoms with van der Waals surface area (Å²) in [6.45, 7) is 8.03. The maximum absolute atomic E-state index is 11.7. The maximum atomic E-state index is 11.7. The number of carbonyl (C=O) groups excluding carboxylic acids is 1. The summed E-state index contributed by atoms with van der Waals surface area (Å²) in [5.41, 5.74) is 0.149. The van der Waals surface area contributed by atoms with Crippen LogP contribution < -0.4 is 15.5 Å². The number of nitriles is 1. The largest absolute Gasteiger partial charge is 0.495 e. The number of benzene rings is 1. The molecular weight excluding hydrogens is 385 g/mol. The molecule has 1 aliphatic heterocycles. The molecule has 0 saturated carbocycles. The first-order valence-corrected chi connectivity index (χ1v) is 9.59. The summed E-state index contributed by atoms with van der Waals surface area (Å²) in [6.07, 6.45) is 0.713. The Morgan fingerprint density at radius 1 is 1.23 bits per heavy atom. The van der Waals surface area contributed by atoms with E-state index in [0.717, 1.165) is 0 Å². The second-order valence-electron chi connectivity index (χ2n) is 7.91. The van der Waals surface area contributed by atoms with Gasteiger partial charge in [0, 0.05) is 12.1 Å². The van der Waals surface area contributed by atoms with Crippen molar-refractivity contribution in [3.05, 3.63) is 41.5 Å². The smallest absolute Gasteiger partial charge is 0.438 e. The SMILES string of the molecule is CC1(C)OB(c2ccc(Oc3nc(NCCO)ccc3C#N)cc2C=O)OC1(C)C. The molecule has 0 spiro atoms. The molecule has 1 aliphatic rings.